The Hall–Kier alpha value is -1.24. The third kappa shape index (κ3) is 38.3. The maximum atomic E-state index is 10.4. The van der Waals surface area contributed by atoms with Gasteiger partial charge in [0.05, 0.1) is 12.2 Å². The van der Waals surface area contributed by atoms with E-state index in [0.29, 0.717) is 13.1 Å². The molecule has 0 saturated carbocycles. The summed E-state index contributed by atoms with van der Waals surface area (Å²) in [6.45, 7) is 12.5. The highest BCUT2D eigenvalue weighted by Crippen LogP contribution is 2.12. The molecule has 0 rings (SSSR count). The molecule has 0 bridgehead atoms. The minimum absolute atomic E-state index is 0.247. The Balaban J connectivity index is 4.17. The quantitative estimate of drug-likeness (QED) is 0.0435. The van der Waals surface area contributed by atoms with Crippen molar-refractivity contribution in [3.05, 3.63) is 48.6 Å². The minimum atomic E-state index is -0.453. The second kappa shape index (κ2) is 41.5. The standard InChI is InChI=1S/C46H89N3O2/c1-4-7-9-11-13-15-17-19-21-23-25-27-29-31-33-35-38-48(43-45(50)6-3)40-37-41-49(44-46(51)42-47)39-36-34-32-30-28-26-24-22-20-18-16-14-12-10-8-5-2/h13-16,19-22,45-46,50-51H,4-12,17-18,23-44,47H2,1-3H3/b15-13+,16-14-,21-19-,22-20+. The van der Waals surface area contributed by atoms with Crippen molar-refractivity contribution >= 4 is 0 Å². The Labute approximate surface area is 319 Å². The van der Waals surface area contributed by atoms with Gasteiger partial charge >= 0.3 is 0 Å². The summed E-state index contributed by atoms with van der Waals surface area (Å²) >= 11 is 0. The van der Waals surface area contributed by atoms with Gasteiger partial charge in [0.2, 0.25) is 0 Å². The van der Waals surface area contributed by atoms with Gasteiger partial charge in [-0.1, -0.05) is 146 Å². The fourth-order valence-corrected chi connectivity index (χ4v) is 6.55. The molecule has 2 unspecified atom stereocenters. The summed E-state index contributed by atoms with van der Waals surface area (Å²) in [6.07, 6.45) is 50.3. The highest BCUT2D eigenvalue weighted by Gasteiger charge is 2.13. The monoisotopic (exact) mass is 716 g/mol. The predicted molar refractivity (Wildman–Crippen MR) is 228 cm³/mol. The van der Waals surface area contributed by atoms with Crippen molar-refractivity contribution in [2.24, 2.45) is 5.73 Å². The Morgan fingerprint density at radius 3 is 1.12 bits per heavy atom. The van der Waals surface area contributed by atoms with Crippen molar-refractivity contribution in [3.63, 3.8) is 0 Å². The number of aliphatic hydroxyl groups is 2. The van der Waals surface area contributed by atoms with Crippen molar-refractivity contribution in [1.82, 2.24) is 9.80 Å². The molecular formula is C46H89N3O2. The number of allylic oxidation sites excluding steroid dienone is 8. The molecule has 0 heterocycles. The van der Waals surface area contributed by atoms with Gasteiger partial charge in [0.1, 0.15) is 0 Å². The molecule has 0 spiro atoms. The highest BCUT2D eigenvalue weighted by atomic mass is 16.3. The number of hydrogen-bond donors (Lipinski definition) is 3. The summed E-state index contributed by atoms with van der Waals surface area (Å²) in [6, 6.07) is 0. The number of nitrogens with zero attached hydrogens (tertiary/aromatic N) is 2. The first kappa shape index (κ1) is 49.8. The SMILES string of the molecule is CCCCC/C=C\C/C=C/CCCCCCCCN(CCCN(CCCCCCCC/C=C\C/C=C/CCCCC)CC(O)CC)CC(O)CN. The number of hydrogen-bond acceptors (Lipinski definition) is 5. The van der Waals surface area contributed by atoms with Crippen LogP contribution in [0.15, 0.2) is 48.6 Å². The molecule has 5 heteroatoms. The average molecular weight is 716 g/mol. The second-order valence-electron chi connectivity index (χ2n) is 15.1. The topological polar surface area (TPSA) is 73.0 Å². The first-order valence-corrected chi connectivity index (χ1v) is 22.2. The lowest BCUT2D eigenvalue weighted by atomic mass is 10.1. The molecule has 4 N–H and O–H groups in total. The van der Waals surface area contributed by atoms with Gasteiger partial charge < -0.3 is 25.7 Å². The van der Waals surface area contributed by atoms with E-state index >= 15 is 0 Å². The van der Waals surface area contributed by atoms with Gasteiger partial charge in [0.25, 0.3) is 0 Å². The molecule has 0 radical (unpaired) electrons. The van der Waals surface area contributed by atoms with Gasteiger partial charge in [0.15, 0.2) is 0 Å². The van der Waals surface area contributed by atoms with Crippen molar-refractivity contribution in [2.45, 2.75) is 200 Å². The van der Waals surface area contributed by atoms with Crippen LogP contribution < -0.4 is 5.73 Å². The van der Waals surface area contributed by atoms with E-state index in [9.17, 15) is 10.2 Å². The molecule has 300 valence electrons. The Bertz CT molecular complexity index is 731. The Morgan fingerprint density at radius 1 is 0.412 bits per heavy atom. The summed E-state index contributed by atoms with van der Waals surface area (Å²) in [4.78, 5) is 4.91. The van der Waals surface area contributed by atoms with Gasteiger partial charge in [-0.3, -0.25) is 0 Å². The van der Waals surface area contributed by atoms with Crippen LogP contribution in [0, 0.1) is 0 Å². The lowest BCUT2D eigenvalue weighted by molar-refractivity contribution is 0.0963. The zero-order valence-corrected chi connectivity index (χ0v) is 34.5. The van der Waals surface area contributed by atoms with Crippen LogP contribution in [0.3, 0.4) is 0 Å². The van der Waals surface area contributed by atoms with E-state index in [0.717, 1.165) is 58.4 Å². The summed E-state index contributed by atoms with van der Waals surface area (Å²) < 4.78 is 0. The zero-order valence-electron chi connectivity index (χ0n) is 34.5. The second-order valence-corrected chi connectivity index (χ2v) is 15.1. The van der Waals surface area contributed by atoms with Crippen LogP contribution in [0.1, 0.15) is 188 Å². The number of aliphatic hydroxyl groups excluding tert-OH is 2. The van der Waals surface area contributed by atoms with Crippen LogP contribution in [-0.4, -0.2) is 78.0 Å². The van der Waals surface area contributed by atoms with Gasteiger partial charge in [-0.05, 0) is 116 Å². The summed E-state index contributed by atoms with van der Waals surface area (Å²) in [5.41, 5.74) is 5.78. The number of rotatable bonds is 40. The molecule has 0 saturated heterocycles. The first-order chi connectivity index (χ1) is 25.1. The van der Waals surface area contributed by atoms with E-state index in [1.165, 1.54) is 141 Å². The van der Waals surface area contributed by atoms with Crippen LogP contribution in [0.2, 0.25) is 0 Å². The van der Waals surface area contributed by atoms with Crippen LogP contribution >= 0.6 is 0 Å². The molecular weight excluding hydrogens is 627 g/mol. The fraction of sp³-hybridized carbons (Fsp3) is 0.826. The van der Waals surface area contributed by atoms with E-state index < -0.39 is 6.10 Å². The molecule has 2 atom stereocenters. The highest BCUT2D eigenvalue weighted by molar-refractivity contribution is 4.93. The average Bonchev–Trinajstić information content (AvgIpc) is 3.13. The molecule has 0 aliphatic heterocycles. The normalized spacial score (nSPS) is 13.8. The van der Waals surface area contributed by atoms with Gasteiger partial charge in [-0.2, -0.15) is 0 Å². The molecule has 0 aliphatic carbocycles. The zero-order chi connectivity index (χ0) is 37.3. The lowest BCUT2D eigenvalue weighted by Crippen LogP contribution is -2.39. The van der Waals surface area contributed by atoms with E-state index in [1.54, 1.807) is 0 Å². The smallest absolute Gasteiger partial charge is 0.0789 e. The molecule has 0 aromatic heterocycles. The van der Waals surface area contributed by atoms with Gasteiger partial charge in [-0.25, -0.2) is 0 Å². The maximum Gasteiger partial charge on any atom is 0.0789 e. The van der Waals surface area contributed by atoms with E-state index in [2.05, 4.69) is 79.2 Å². The summed E-state index contributed by atoms with van der Waals surface area (Å²) in [7, 11) is 0. The largest absolute Gasteiger partial charge is 0.392 e. The maximum absolute atomic E-state index is 10.4. The van der Waals surface area contributed by atoms with Crippen LogP contribution in [0.25, 0.3) is 0 Å². The molecule has 0 aromatic rings. The predicted octanol–water partition coefficient (Wildman–Crippen LogP) is 11.7. The molecule has 0 fully saturated rings. The first-order valence-electron chi connectivity index (χ1n) is 22.2. The van der Waals surface area contributed by atoms with E-state index in [-0.39, 0.29) is 6.10 Å². The third-order valence-corrected chi connectivity index (χ3v) is 9.98. The van der Waals surface area contributed by atoms with Crippen molar-refractivity contribution in [3.8, 4) is 0 Å². The molecule has 0 aliphatic rings. The molecule has 0 aromatic carbocycles. The van der Waals surface area contributed by atoms with Crippen molar-refractivity contribution in [1.29, 1.82) is 0 Å². The van der Waals surface area contributed by atoms with Crippen LogP contribution in [0.4, 0.5) is 0 Å². The molecule has 5 nitrogen and oxygen atoms in total. The Morgan fingerprint density at radius 2 is 0.745 bits per heavy atom. The minimum Gasteiger partial charge on any atom is -0.392 e. The molecule has 51 heavy (non-hydrogen) atoms. The van der Waals surface area contributed by atoms with Crippen LogP contribution in [0.5, 0.6) is 0 Å². The Kier molecular flexibility index (Phi) is 40.5. The summed E-state index contributed by atoms with van der Waals surface area (Å²) in [5.74, 6) is 0. The van der Waals surface area contributed by atoms with Crippen LogP contribution in [-0.2, 0) is 0 Å². The van der Waals surface area contributed by atoms with E-state index in [1.807, 2.05) is 0 Å². The molecule has 0 amide bonds. The lowest BCUT2D eigenvalue weighted by Gasteiger charge is -2.28. The van der Waals surface area contributed by atoms with Crippen molar-refractivity contribution in [2.75, 3.05) is 45.8 Å². The van der Waals surface area contributed by atoms with Crippen molar-refractivity contribution < 1.29 is 10.2 Å². The number of unbranched alkanes of at least 4 members (excludes halogenated alkanes) is 18. The third-order valence-electron chi connectivity index (χ3n) is 9.98. The fourth-order valence-electron chi connectivity index (χ4n) is 6.55. The van der Waals surface area contributed by atoms with Gasteiger partial charge in [-0.15, -0.1) is 0 Å². The van der Waals surface area contributed by atoms with Gasteiger partial charge in [0, 0.05) is 19.6 Å². The number of nitrogens with two attached hydrogens (primary N) is 1. The van der Waals surface area contributed by atoms with E-state index in [4.69, 9.17) is 5.73 Å². The summed E-state index contributed by atoms with van der Waals surface area (Å²) in [5, 5.41) is 20.7.